The molecule has 0 aliphatic carbocycles. The number of halogens is 1. The Labute approximate surface area is 158 Å². The molecule has 0 aromatic carbocycles. The van der Waals surface area contributed by atoms with Gasteiger partial charge in [-0.1, -0.05) is 16.8 Å². The zero-order valence-electron chi connectivity index (χ0n) is 14.8. The molecule has 2 saturated heterocycles. The molecule has 4 rings (SSSR count). The van der Waals surface area contributed by atoms with Gasteiger partial charge in [-0.15, -0.1) is 0 Å². The Balaban J connectivity index is 1.34. The third-order valence-electron chi connectivity index (χ3n) is 5.05. The summed E-state index contributed by atoms with van der Waals surface area (Å²) in [5.74, 6) is 1.82. The molecule has 26 heavy (non-hydrogen) atoms. The molecule has 0 spiro atoms. The van der Waals surface area contributed by atoms with Gasteiger partial charge in [0.1, 0.15) is 5.15 Å². The summed E-state index contributed by atoms with van der Waals surface area (Å²) in [7, 11) is 0. The van der Waals surface area contributed by atoms with Crippen LogP contribution in [0.3, 0.4) is 0 Å². The number of ether oxygens (including phenoxy) is 1. The molecule has 0 radical (unpaired) electrons. The lowest BCUT2D eigenvalue weighted by Gasteiger charge is -2.36. The van der Waals surface area contributed by atoms with Gasteiger partial charge >= 0.3 is 0 Å². The first-order chi connectivity index (χ1) is 12.8. The number of likely N-dealkylation sites (tertiary alicyclic amines) is 1. The predicted molar refractivity (Wildman–Crippen MR) is 97.8 cm³/mol. The number of aromatic nitrogens is 3. The summed E-state index contributed by atoms with van der Waals surface area (Å²) in [5, 5.41) is 4.46. The van der Waals surface area contributed by atoms with Crippen molar-refractivity contribution in [3.8, 4) is 11.4 Å². The molecule has 2 fully saturated rings. The quantitative estimate of drug-likeness (QED) is 0.741. The fourth-order valence-electron chi connectivity index (χ4n) is 3.77. The highest BCUT2D eigenvalue weighted by Crippen LogP contribution is 2.24. The van der Waals surface area contributed by atoms with Crippen molar-refractivity contribution in [2.75, 3.05) is 45.9 Å². The Kier molecular flexibility index (Phi) is 5.79. The minimum atomic E-state index is 0.392. The van der Waals surface area contributed by atoms with Crippen LogP contribution in [0, 0.1) is 5.92 Å². The van der Waals surface area contributed by atoms with Crippen molar-refractivity contribution >= 4 is 11.6 Å². The van der Waals surface area contributed by atoms with Crippen LogP contribution in [0.15, 0.2) is 22.9 Å². The van der Waals surface area contributed by atoms with Crippen molar-refractivity contribution in [2.24, 2.45) is 5.92 Å². The molecule has 1 atom stereocenters. The van der Waals surface area contributed by atoms with E-state index in [1.165, 1.54) is 12.8 Å². The van der Waals surface area contributed by atoms with Gasteiger partial charge in [0.15, 0.2) is 0 Å². The highest BCUT2D eigenvalue weighted by atomic mass is 35.5. The molecule has 4 heterocycles. The van der Waals surface area contributed by atoms with Crippen molar-refractivity contribution in [1.29, 1.82) is 0 Å². The fraction of sp³-hybridized carbons (Fsp3) is 0.611. The highest BCUT2D eigenvalue weighted by Gasteiger charge is 2.24. The summed E-state index contributed by atoms with van der Waals surface area (Å²) >= 11 is 6.11. The minimum Gasteiger partial charge on any atom is -0.379 e. The maximum Gasteiger partial charge on any atom is 0.241 e. The number of morpholine rings is 1. The third-order valence-corrected chi connectivity index (χ3v) is 5.35. The molecule has 0 amide bonds. The topological polar surface area (TPSA) is 67.5 Å². The van der Waals surface area contributed by atoms with E-state index in [9.17, 15) is 0 Å². The predicted octanol–water partition coefficient (Wildman–Crippen LogP) is 2.33. The lowest BCUT2D eigenvalue weighted by molar-refractivity contribution is 0.0218. The van der Waals surface area contributed by atoms with E-state index in [1.54, 1.807) is 6.20 Å². The molecule has 0 bridgehead atoms. The van der Waals surface area contributed by atoms with Crippen molar-refractivity contribution in [3.63, 3.8) is 0 Å². The molecule has 7 nitrogen and oxygen atoms in total. The van der Waals surface area contributed by atoms with Crippen LogP contribution in [-0.2, 0) is 11.3 Å². The summed E-state index contributed by atoms with van der Waals surface area (Å²) in [6, 6.07) is 3.67. The molecule has 0 saturated carbocycles. The molecule has 2 aromatic heterocycles. The van der Waals surface area contributed by atoms with Gasteiger partial charge in [-0.3, -0.25) is 9.80 Å². The Hall–Kier alpha value is -1.54. The van der Waals surface area contributed by atoms with Gasteiger partial charge in [-0.05, 0) is 37.4 Å². The van der Waals surface area contributed by atoms with Crippen LogP contribution in [-0.4, -0.2) is 70.9 Å². The highest BCUT2D eigenvalue weighted by molar-refractivity contribution is 6.31. The van der Waals surface area contributed by atoms with E-state index >= 15 is 0 Å². The number of pyridine rings is 1. The van der Waals surface area contributed by atoms with Crippen LogP contribution in [0.25, 0.3) is 11.4 Å². The van der Waals surface area contributed by atoms with E-state index in [1.807, 2.05) is 12.1 Å². The van der Waals surface area contributed by atoms with Gasteiger partial charge in [0.05, 0.1) is 25.3 Å². The van der Waals surface area contributed by atoms with Crippen molar-refractivity contribution in [2.45, 2.75) is 19.4 Å². The second kappa shape index (κ2) is 8.43. The molecule has 8 heteroatoms. The Morgan fingerprint density at radius 2 is 2.08 bits per heavy atom. The second-order valence-corrected chi connectivity index (χ2v) is 7.37. The van der Waals surface area contributed by atoms with Crippen LogP contribution >= 0.6 is 11.6 Å². The van der Waals surface area contributed by atoms with Crippen LogP contribution in [0.2, 0.25) is 5.15 Å². The average molecular weight is 378 g/mol. The molecule has 140 valence electrons. The Morgan fingerprint density at radius 1 is 1.19 bits per heavy atom. The Morgan fingerprint density at radius 3 is 2.92 bits per heavy atom. The smallest absolute Gasteiger partial charge is 0.241 e. The maximum absolute atomic E-state index is 6.11. The summed E-state index contributed by atoms with van der Waals surface area (Å²) < 4.78 is 10.9. The van der Waals surface area contributed by atoms with Crippen LogP contribution < -0.4 is 0 Å². The van der Waals surface area contributed by atoms with E-state index < -0.39 is 0 Å². The fourth-order valence-corrected chi connectivity index (χ4v) is 3.97. The normalized spacial score (nSPS) is 22.6. The lowest BCUT2D eigenvalue weighted by atomic mass is 9.97. The van der Waals surface area contributed by atoms with Crippen molar-refractivity contribution in [1.82, 2.24) is 24.9 Å². The average Bonchev–Trinajstić information content (AvgIpc) is 3.11. The number of hydrogen-bond acceptors (Lipinski definition) is 7. The molecule has 1 unspecified atom stereocenters. The van der Waals surface area contributed by atoms with Gasteiger partial charge in [0, 0.05) is 32.4 Å². The first kappa shape index (κ1) is 17.9. The molecule has 2 aromatic rings. The second-order valence-electron chi connectivity index (χ2n) is 7.01. The van der Waals surface area contributed by atoms with Gasteiger partial charge < -0.3 is 9.26 Å². The first-order valence-electron chi connectivity index (χ1n) is 9.24. The van der Waals surface area contributed by atoms with Gasteiger partial charge in [-0.25, -0.2) is 4.98 Å². The zero-order chi connectivity index (χ0) is 17.8. The number of piperidine rings is 1. The molecular weight excluding hydrogens is 354 g/mol. The standard InChI is InChI=1S/C18H24ClN5O2/c19-17-15(4-1-5-20-17)18-21-16(26-22-18)13-24-6-2-3-14(12-24)11-23-7-9-25-10-8-23/h1,4-5,14H,2-3,6-13H2. The maximum atomic E-state index is 6.11. The Bertz CT molecular complexity index is 719. The van der Waals surface area contributed by atoms with E-state index in [2.05, 4.69) is 24.9 Å². The SMILES string of the molecule is Clc1ncccc1-c1noc(CN2CCCC(CN3CCOCC3)C2)n1. The largest absolute Gasteiger partial charge is 0.379 e. The lowest BCUT2D eigenvalue weighted by Crippen LogP contribution is -2.44. The summed E-state index contributed by atoms with van der Waals surface area (Å²) in [6.07, 6.45) is 4.15. The minimum absolute atomic E-state index is 0.392. The van der Waals surface area contributed by atoms with E-state index in [4.69, 9.17) is 20.9 Å². The zero-order valence-corrected chi connectivity index (χ0v) is 15.6. The number of nitrogens with zero attached hydrogens (tertiary/aromatic N) is 5. The number of rotatable bonds is 5. The van der Waals surface area contributed by atoms with Crippen molar-refractivity contribution < 1.29 is 9.26 Å². The first-order valence-corrected chi connectivity index (χ1v) is 9.61. The molecule has 2 aliphatic rings. The summed E-state index contributed by atoms with van der Waals surface area (Å²) in [6.45, 7) is 7.80. The van der Waals surface area contributed by atoms with E-state index in [0.717, 1.165) is 45.9 Å². The molecular formula is C18H24ClN5O2. The van der Waals surface area contributed by atoms with Crippen LogP contribution in [0.4, 0.5) is 0 Å². The molecule has 0 N–H and O–H groups in total. The monoisotopic (exact) mass is 377 g/mol. The van der Waals surface area contributed by atoms with Gasteiger partial charge in [0.2, 0.25) is 11.7 Å². The van der Waals surface area contributed by atoms with Gasteiger partial charge in [0.25, 0.3) is 0 Å². The van der Waals surface area contributed by atoms with Crippen LogP contribution in [0.1, 0.15) is 18.7 Å². The van der Waals surface area contributed by atoms with Crippen LogP contribution in [0.5, 0.6) is 0 Å². The van der Waals surface area contributed by atoms with Gasteiger partial charge in [-0.2, -0.15) is 4.98 Å². The molecule has 2 aliphatic heterocycles. The van der Waals surface area contributed by atoms with E-state index in [-0.39, 0.29) is 0 Å². The van der Waals surface area contributed by atoms with Crippen molar-refractivity contribution in [3.05, 3.63) is 29.4 Å². The number of hydrogen-bond donors (Lipinski definition) is 0. The summed E-state index contributed by atoms with van der Waals surface area (Å²) in [5.41, 5.74) is 0.702. The summed E-state index contributed by atoms with van der Waals surface area (Å²) in [4.78, 5) is 13.5. The van der Waals surface area contributed by atoms with E-state index in [0.29, 0.717) is 34.9 Å². The third kappa shape index (κ3) is 4.40.